The largest absolute Gasteiger partial charge is 0.294 e. The molecule has 0 atom stereocenters. The third-order valence-electron chi connectivity index (χ3n) is 2.41. The maximum absolute atomic E-state index is 12.7. The van der Waals surface area contributed by atoms with Gasteiger partial charge >= 0.3 is 0 Å². The molecule has 0 aliphatic rings. The number of carbonyl (C=O) groups excluding carboxylic acids is 1. The first kappa shape index (κ1) is 12.8. The van der Waals surface area contributed by atoms with E-state index in [-0.39, 0.29) is 11.6 Å². The van der Waals surface area contributed by atoms with E-state index in [0.717, 1.165) is 4.90 Å². The Kier molecular flexibility index (Phi) is 4.47. The zero-order valence-electron chi connectivity index (χ0n) is 9.67. The second-order valence-electron chi connectivity index (χ2n) is 3.71. The van der Waals surface area contributed by atoms with Gasteiger partial charge in [-0.2, -0.15) is 0 Å². The lowest BCUT2D eigenvalue weighted by atomic mass is 10.1. The van der Waals surface area contributed by atoms with Crippen LogP contribution in [0, 0.1) is 5.82 Å². The predicted molar refractivity (Wildman–Crippen MR) is 70.3 cm³/mol. The molecule has 0 fully saturated rings. The van der Waals surface area contributed by atoms with Gasteiger partial charge in [0.25, 0.3) is 0 Å². The first-order valence-corrected chi connectivity index (χ1v) is 6.56. The van der Waals surface area contributed by atoms with Crippen LogP contribution in [-0.2, 0) is 0 Å². The molecule has 0 unspecified atom stereocenters. The molecular weight excluding hydrogens is 249 g/mol. The molecule has 0 spiro atoms. The Morgan fingerprint density at radius 1 is 1.11 bits per heavy atom. The summed E-state index contributed by atoms with van der Waals surface area (Å²) in [5.74, 6) is 0.425. The number of benzene rings is 1. The van der Waals surface area contributed by atoms with Crippen molar-refractivity contribution < 1.29 is 9.18 Å². The molecule has 92 valence electrons. The number of aromatic nitrogens is 1. The Hall–Kier alpha value is -1.68. The number of Topliss-reactive ketones (excluding diaryl/α,β-unsaturated/α-hetero) is 1. The van der Waals surface area contributed by atoms with E-state index in [1.165, 1.54) is 24.3 Å². The number of hydrogen-bond acceptors (Lipinski definition) is 3. The molecule has 4 heteroatoms. The van der Waals surface area contributed by atoms with E-state index in [9.17, 15) is 9.18 Å². The van der Waals surface area contributed by atoms with Crippen LogP contribution in [0.25, 0.3) is 0 Å². The fourth-order valence-corrected chi connectivity index (χ4v) is 2.31. The average Bonchev–Trinajstić information content (AvgIpc) is 2.40. The lowest BCUT2D eigenvalue weighted by Crippen LogP contribution is -2.00. The van der Waals surface area contributed by atoms with Crippen LogP contribution in [-0.4, -0.2) is 16.5 Å². The Bertz CT molecular complexity index is 513. The second-order valence-corrected chi connectivity index (χ2v) is 4.88. The van der Waals surface area contributed by atoms with Crippen LogP contribution >= 0.6 is 11.8 Å². The molecule has 1 aromatic heterocycles. The van der Waals surface area contributed by atoms with E-state index in [4.69, 9.17) is 0 Å². The number of rotatable bonds is 5. The van der Waals surface area contributed by atoms with Gasteiger partial charge in [-0.25, -0.2) is 4.39 Å². The van der Waals surface area contributed by atoms with Gasteiger partial charge in [-0.3, -0.25) is 9.78 Å². The molecule has 18 heavy (non-hydrogen) atoms. The van der Waals surface area contributed by atoms with Crippen molar-refractivity contribution in [3.05, 3.63) is 60.2 Å². The summed E-state index contributed by atoms with van der Waals surface area (Å²) in [7, 11) is 0. The highest BCUT2D eigenvalue weighted by Gasteiger charge is 2.05. The van der Waals surface area contributed by atoms with Crippen LogP contribution in [0.2, 0.25) is 0 Å². The number of ketones is 1. The Morgan fingerprint density at radius 2 is 1.78 bits per heavy atom. The van der Waals surface area contributed by atoms with Gasteiger partial charge in [0.05, 0.1) is 0 Å². The lowest BCUT2D eigenvalue weighted by Gasteiger charge is -2.01. The third kappa shape index (κ3) is 3.67. The summed E-state index contributed by atoms with van der Waals surface area (Å²) in [4.78, 5) is 16.8. The number of pyridine rings is 1. The number of nitrogens with zero attached hydrogens (tertiary/aromatic N) is 1. The standard InChI is InChI=1S/C14H12FNOS/c15-12-3-1-11(2-4-12)14(17)7-10-18-13-5-8-16-9-6-13/h1-6,8-9H,7,10H2. The Labute approximate surface area is 109 Å². The zero-order chi connectivity index (χ0) is 12.8. The molecule has 2 aromatic rings. The molecule has 0 amide bonds. The average molecular weight is 261 g/mol. The fourth-order valence-electron chi connectivity index (χ4n) is 1.48. The summed E-state index contributed by atoms with van der Waals surface area (Å²) in [6.07, 6.45) is 3.90. The summed E-state index contributed by atoms with van der Waals surface area (Å²) in [6, 6.07) is 9.48. The predicted octanol–water partition coefficient (Wildman–Crippen LogP) is 3.59. The molecule has 0 bridgehead atoms. The Morgan fingerprint density at radius 3 is 2.44 bits per heavy atom. The summed E-state index contributed by atoms with van der Waals surface area (Å²) in [6.45, 7) is 0. The molecule has 1 heterocycles. The molecule has 0 saturated heterocycles. The first-order chi connectivity index (χ1) is 8.75. The van der Waals surface area contributed by atoms with Crippen LogP contribution < -0.4 is 0 Å². The monoisotopic (exact) mass is 261 g/mol. The van der Waals surface area contributed by atoms with Gasteiger partial charge < -0.3 is 0 Å². The van der Waals surface area contributed by atoms with Gasteiger partial charge in [0.15, 0.2) is 5.78 Å². The molecule has 2 rings (SSSR count). The minimum absolute atomic E-state index is 0.0385. The van der Waals surface area contributed by atoms with Crippen LogP contribution in [0.15, 0.2) is 53.7 Å². The van der Waals surface area contributed by atoms with Gasteiger partial charge in [-0.15, -0.1) is 11.8 Å². The SMILES string of the molecule is O=C(CCSc1ccncc1)c1ccc(F)cc1. The molecular formula is C14H12FNOS. The number of hydrogen-bond donors (Lipinski definition) is 0. The van der Waals surface area contributed by atoms with Crippen LogP contribution in [0.4, 0.5) is 4.39 Å². The van der Waals surface area contributed by atoms with E-state index in [1.807, 2.05) is 12.1 Å². The van der Waals surface area contributed by atoms with E-state index in [0.29, 0.717) is 17.7 Å². The topological polar surface area (TPSA) is 30.0 Å². The second kappa shape index (κ2) is 6.31. The van der Waals surface area contributed by atoms with E-state index in [2.05, 4.69) is 4.98 Å². The number of halogens is 1. The molecule has 0 radical (unpaired) electrons. The van der Waals surface area contributed by atoms with Crippen LogP contribution in [0.1, 0.15) is 16.8 Å². The Balaban J connectivity index is 1.84. The smallest absolute Gasteiger partial charge is 0.163 e. The van der Waals surface area contributed by atoms with Crippen molar-refractivity contribution in [1.82, 2.24) is 4.98 Å². The minimum Gasteiger partial charge on any atom is -0.294 e. The van der Waals surface area contributed by atoms with Crippen molar-refractivity contribution in [3.63, 3.8) is 0 Å². The summed E-state index contributed by atoms with van der Waals surface area (Å²) < 4.78 is 12.7. The molecule has 0 N–H and O–H groups in total. The summed E-state index contributed by atoms with van der Waals surface area (Å²) in [5.41, 5.74) is 0.562. The highest BCUT2D eigenvalue weighted by molar-refractivity contribution is 7.99. The maximum atomic E-state index is 12.7. The van der Waals surface area contributed by atoms with Crippen LogP contribution in [0.3, 0.4) is 0 Å². The fraction of sp³-hybridized carbons (Fsp3) is 0.143. The molecule has 0 aliphatic heterocycles. The third-order valence-corrected chi connectivity index (χ3v) is 3.43. The van der Waals surface area contributed by atoms with Crippen molar-refractivity contribution in [3.8, 4) is 0 Å². The van der Waals surface area contributed by atoms with Crippen molar-refractivity contribution >= 4 is 17.5 Å². The zero-order valence-corrected chi connectivity index (χ0v) is 10.5. The quantitative estimate of drug-likeness (QED) is 0.608. The van der Waals surface area contributed by atoms with Crippen molar-refractivity contribution in [2.24, 2.45) is 0 Å². The number of carbonyl (C=O) groups is 1. The highest BCUT2D eigenvalue weighted by atomic mass is 32.2. The summed E-state index contributed by atoms with van der Waals surface area (Å²) >= 11 is 1.61. The normalized spacial score (nSPS) is 10.3. The van der Waals surface area contributed by atoms with Crippen molar-refractivity contribution in [2.75, 3.05) is 5.75 Å². The van der Waals surface area contributed by atoms with Gasteiger partial charge in [0.2, 0.25) is 0 Å². The van der Waals surface area contributed by atoms with Gasteiger partial charge in [0, 0.05) is 35.0 Å². The van der Waals surface area contributed by atoms with E-state index >= 15 is 0 Å². The number of thioether (sulfide) groups is 1. The van der Waals surface area contributed by atoms with E-state index < -0.39 is 0 Å². The molecule has 1 aromatic carbocycles. The minimum atomic E-state index is -0.322. The van der Waals surface area contributed by atoms with E-state index in [1.54, 1.807) is 24.2 Å². The first-order valence-electron chi connectivity index (χ1n) is 5.57. The van der Waals surface area contributed by atoms with Crippen LogP contribution in [0.5, 0.6) is 0 Å². The van der Waals surface area contributed by atoms with Gasteiger partial charge in [-0.05, 0) is 36.4 Å². The highest BCUT2D eigenvalue weighted by Crippen LogP contribution is 2.18. The molecule has 2 nitrogen and oxygen atoms in total. The van der Waals surface area contributed by atoms with Gasteiger partial charge in [0.1, 0.15) is 5.82 Å². The van der Waals surface area contributed by atoms with Crippen molar-refractivity contribution in [2.45, 2.75) is 11.3 Å². The van der Waals surface area contributed by atoms with Crippen molar-refractivity contribution in [1.29, 1.82) is 0 Å². The molecule has 0 saturated carbocycles. The maximum Gasteiger partial charge on any atom is 0.163 e. The van der Waals surface area contributed by atoms with Gasteiger partial charge in [-0.1, -0.05) is 0 Å². The summed E-state index contributed by atoms with van der Waals surface area (Å²) in [5, 5.41) is 0. The lowest BCUT2D eigenvalue weighted by molar-refractivity contribution is 0.0989. The molecule has 0 aliphatic carbocycles.